The van der Waals surface area contributed by atoms with E-state index in [4.69, 9.17) is 29.3 Å². The number of alkyl halides is 1. The molecule has 6 nitrogen and oxygen atoms in total. The van der Waals surface area contributed by atoms with Gasteiger partial charge in [-0.25, -0.2) is 0 Å². The largest absolute Gasteiger partial charge is 0.456 e. The Balaban J connectivity index is 0.000000123. The molecule has 101 heavy (non-hydrogen) atoms. The van der Waals surface area contributed by atoms with E-state index in [-0.39, 0.29) is 0 Å². The molecule has 0 aliphatic carbocycles. The highest BCUT2D eigenvalue weighted by Gasteiger charge is 2.20. The van der Waals surface area contributed by atoms with Crippen LogP contribution in [0.5, 0.6) is 0 Å². The van der Waals surface area contributed by atoms with Gasteiger partial charge in [-0.2, -0.15) is 0 Å². The molecule has 0 aliphatic rings. The molecule has 4 aromatic heterocycles. The zero-order valence-corrected chi connectivity index (χ0v) is 57.7. The molecule has 0 aliphatic heterocycles. The van der Waals surface area contributed by atoms with Crippen LogP contribution in [0.2, 0.25) is 5.02 Å². The smallest absolute Gasteiger partial charge is 0.137 e. The molecule has 0 bridgehead atoms. The van der Waals surface area contributed by atoms with E-state index >= 15 is 0 Å². The predicted molar refractivity (Wildman–Crippen MR) is 435 cm³/mol. The van der Waals surface area contributed by atoms with Crippen LogP contribution in [-0.2, 0) is 0 Å². The summed E-state index contributed by atoms with van der Waals surface area (Å²) in [5.74, 6) is 0. The third-order valence-electron chi connectivity index (χ3n) is 18.9. The standard InChI is InChI=1S/C46H29NO2.C24H15NO2.C22H15Cl.CH3I/c1-2-11-32(12-3-1)46-36-13-5-4-10-30(36)20-25-37(46)31-18-21-33(22-19-31)47(34-23-26-40-38-14-6-8-16-42(38)48-44(40)28-34)35-24-27-41-39-15-7-9-17-43(39)49-45(41)29-35;1-3-7-21-17(5-1)19-11-9-15(13-23(19)26-21)25-16-10-12-20-18-6-2-4-8-22(18)27-24(20)14-16;23-19-13-10-17(11-14-19)21-15-12-16-6-4-5-9-20(16)22(21)18-7-2-1-3-8-18;1-2/h1-29H;1-14,25H;1-15H;1H3. The van der Waals surface area contributed by atoms with Gasteiger partial charge in [0.15, 0.2) is 0 Å². The highest BCUT2D eigenvalue weighted by atomic mass is 127. The minimum atomic E-state index is 0.760. The Hall–Kier alpha value is -12.1. The number of anilines is 5. The van der Waals surface area contributed by atoms with Gasteiger partial charge in [-0.3, -0.25) is 0 Å². The molecule has 0 atom stereocenters. The van der Waals surface area contributed by atoms with Crippen molar-refractivity contribution < 1.29 is 17.7 Å². The van der Waals surface area contributed by atoms with Crippen LogP contribution < -0.4 is 10.2 Å². The lowest BCUT2D eigenvalue weighted by molar-refractivity contribution is 0.668. The fraction of sp³-hybridized carbons (Fsp3) is 0.0108. The number of hydrogen-bond acceptors (Lipinski definition) is 6. The van der Waals surface area contributed by atoms with Crippen molar-refractivity contribution >= 4 is 172 Å². The Morgan fingerprint density at radius 1 is 0.248 bits per heavy atom. The minimum Gasteiger partial charge on any atom is -0.456 e. The maximum atomic E-state index is 6.35. The number of furan rings is 4. The number of halogens is 2. The minimum absolute atomic E-state index is 0.760. The Kier molecular flexibility index (Phi) is 16.9. The molecule has 8 heteroatoms. The molecular weight excluding hydrogens is 1370 g/mol. The summed E-state index contributed by atoms with van der Waals surface area (Å²) in [6, 6.07) is 122. The van der Waals surface area contributed by atoms with E-state index in [1.807, 2.05) is 89.9 Å². The fourth-order valence-electron chi connectivity index (χ4n) is 14.2. The van der Waals surface area contributed by atoms with Crippen molar-refractivity contribution in [2.24, 2.45) is 0 Å². The molecule has 20 rings (SSSR count). The summed E-state index contributed by atoms with van der Waals surface area (Å²) < 4.78 is 24.7. The molecule has 20 aromatic rings. The van der Waals surface area contributed by atoms with Crippen LogP contribution in [0.4, 0.5) is 28.4 Å². The van der Waals surface area contributed by atoms with E-state index in [1.54, 1.807) is 0 Å². The van der Waals surface area contributed by atoms with Gasteiger partial charge < -0.3 is 27.9 Å². The number of rotatable bonds is 9. The lowest BCUT2D eigenvalue weighted by Gasteiger charge is -2.26. The van der Waals surface area contributed by atoms with Crippen LogP contribution in [0.15, 0.2) is 370 Å². The quantitative estimate of drug-likeness (QED) is 0.115. The Bertz CT molecular complexity index is 6190. The highest BCUT2D eigenvalue weighted by Crippen LogP contribution is 2.45. The molecule has 4 heterocycles. The first kappa shape index (κ1) is 62.4. The molecular formula is C93H62ClIN2O4. The Morgan fingerprint density at radius 2 is 0.554 bits per heavy atom. The van der Waals surface area contributed by atoms with Gasteiger partial charge in [-0.05, 0) is 168 Å². The Labute approximate surface area is 601 Å². The Morgan fingerprint density at radius 3 is 0.950 bits per heavy atom. The molecule has 0 fully saturated rings. The van der Waals surface area contributed by atoms with Crippen molar-refractivity contribution in [1.82, 2.24) is 0 Å². The second-order valence-corrected chi connectivity index (χ2v) is 25.3. The summed E-state index contributed by atoms with van der Waals surface area (Å²) in [6.45, 7) is 0. The van der Waals surface area contributed by atoms with Crippen LogP contribution in [0, 0.1) is 0 Å². The zero-order chi connectivity index (χ0) is 67.8. The SMILES string of the molecule is CI.Clc1ccc(-c2ccc3ccccc3c2-c2ccccc2)cc1.c1ccc(-c2c(-c3ccc(N(c4ccc5c(c4)oc4ccccc45)c4ccc5c(c4)oc4ccccc45)cc3)ccc3ccccc23)cc1.c1ccc2c(c1)oc1cc(Nc3ccc4c(c3)oc3ccccc34)ccc12. The second-order valence-electron chi connectivity index (χ2n) is 24.8. The van der Waals surface area contributed by atoms with Gasteiger partial charge in [-0.1, -0.05) is 265 Å². The van der Waals surface area contributed by atoms with Crippen LogP contribution in [0.1, 0.15) is 0 Å². The summed E-state index contributed by atoms with van der Waals surface area (Å²) in [5.41, 5.74) is 21.8. The number of nitrogens with one attached hydrogen (secondary N) is 1. The van der Waals surface area contributed by atoms with E-state index in [2.05, 4.69) is 300 Å². The molecule has 0 saturated heterocycles. The normalized spacial score (nSPS) is 11.3. The lowest BCUT2D eigenvalue weighted by Crippen LogP contribution is -2.09. The van der Waals surface area contributed by atoms with E-state index in [9.17, 15) is 0 Å². The summed E-state index contributed by atoms with van der Waals surface area (Å²) in [5, 5.41) is 18.2. The maximum absolute atomic E-state index is 6.35. The number of benzene rings is 16. The summed E-state index contributed by atoms with van der Waals surface area (Å²) in [7, 11) is 0. The maximum Gasteiger partial charge on any atom is 0.137 e. The number of fused-ring (bicyclic) bond motifs is 14. The van der Waals surface area contributed by atoms with Gasteiger partial charge in [0.1, 0.15) is 44.7 Å². The second kappa shape index (κ2) is 27.3. The number of hydrogen-bond donors (Lipinski definition) is 1. The summed E-state index contributed by atoms with van der Waals surface area (Å²) in [6.07, 6.45) is 0. The first-order valence-corrected chi connectivity index (χ1v) is 36.1. The van der Waals surface area contributed by atoms with Gasteiger partial charge in [0.2, 0.25) is 0 Å². The molecule has 1 N–H and O–H groups in total. The van der Waals surface area contributed by atoms with E-state index in [0.29, 0.717) is 0 Å². The van der Waals surface area contributed by atoms with Crippen molar-refractivity contribution in [2.45, 2.75) is 0 Å². The van der Waals surface area contributed by atoms with E-state index in [0.717, 1.165) is 127 Å². The first-order valence-electron chi connectivity index (χ1n) is 33.6. The molecule has 0 unspecified atom stereocenters. The predicted octanol–water partition coefficient (Wildman–Crippen LogP) is 28.5. The van der Waals surface area contributed by atoms with Gasteiger partial charge in [-0.15, -0.1) is 0 Å². The molecule has 16 aromatic carbocycles. The number of nitrogens with zero attached hydrogens (tertiary/aromatic N) is 1. The van der Waals surface area contributed by atoms with Gasteiger partial charge in [0.25, 0.3) is 0 Å². The van der Waals surface area contributed by atoms with Crippen LogP contribution >= 0.6 is 34.2 Å². The molecule has 0 amide bonds. The fourth-order valence-corrected chi connectivity index (χ4v) is 14.3. The summed E-state index contributed by atoms with van der Waals surface area (Å²) in [4.78, 5) is 4.25. The van der Waals surface area contributed by atoms with Crippen LogP contribution in [0.3, 0.4) is 0 Å². The monoisotopic (exact) mass is 1430 g/mol. The third-order valence-corrected chi connectivity index (χ3v) is 19.1. The van der Waals surface area contributed by atoms with Crippen molar-refractivity contribution in [3.63, 3.8) is 0 Å². The van der Waals surface area contributed by atoms with Crippen LogP contribution in [-0.4, -0.2) is 4.93 Å². The average molecular weight is 1430 g/mol. The molecule has 0 spiro atoms. The number of para-hydroxylation sites is 4. The first-order chi connectivity index (χ1) is 50.0. The molecule has 482 valence electrons. The van der Waals surface area contributed by atoms with Gasteiger partial charge >= 0.3 is 0 Å². The molecule has 0 saturated carbocycles. The molecule has 0 radical (unpaired) electrons. The zero-order valence-electron chi connectivity index (χ0n) is 54.8. The van der Waals surface area contributed by atoms with Gasteiger partial charge in [0.05, 0.1) is 0 Å². The van der Waals surface area contributed by atoms with Crippen molar-refractivity contribution in [1.29, 1.82) is 0 Å². The van der Waals surface area contributed by atoms with Crippen molar-refractivity contribution in [3.05, 3.63) is 357 Å². The summed E-state index contributed by atoms with van der Waals surface area (Å²) >= 11 is 8.20. The van der Waals surface area contributed by atoms with Crippen molar-refractivity contribution in [2.75, 3.05) is 15.1 Å². The highest BCUT2D eigenvalue weighted by molar-refractivity contribution is 14.1. The van der Waals surface area contributed by atoms with Crippen LogP contribution in [0.25, 0.3) is 154 Å². The van der Waals surface area contributed by atoms with Crippen molar-refractivity contribution in [3.8, 4) is 44.5 Å². The lowest BCUT2D eigenvalue weighted by atomic mass is 9.90. The van der Waals surface area contributed by atoms with Gasteiger partial charge in [0, 0.05) is 101 Å². The third kappa shape index (κ3) is 12.0. The topological polar surface area (TPSA) is 67.8 Å². The van der Waals surface area contributed by atoms with E-state index in [1.165, 1.54) is 60.5 Å². The average Bonchev–Trinajstić information content (AvgIpc) is 1.01. The van der Waals surface area contributed by atoms with E-state index < -0.39 is 0 Å².